The van der Waals surface area contributed by atoms with Gasteiger partial charge in [0.05, 0.1) is 6.10 Å². The molecule has 3 rings (SSSR count). The quantitative estimate of drug-likeness (QED) is 0.356. The number of guanidine groups is 1. The van der Waals surface area contributed by atoms with E-state index in [4.69, 9.17) is 9.47 Å². The second-order valence-corrected chi connectivity index (χ2v) is 6.60. The standard InChI is InChI=1S/C21H27FN4O2.HI/c1-3-27-18-9-12-26(13-10-18)21(23-2)25-15-16-8-11-24-20(14-16)28-19-6-4-17(22)5-7-19;/h4-8,11,14,18H,3,9-10,12-13,15H2,1-2H3,(H,23,25);1H. The number of aromatic nitrogens is 1. The highest BCUT2D eigenvalue weighted by Gasteiger charge is 2.21. The summed E-state index contributed by atoms with van der Waals surface area (Å²) in [6.45, 7) is 5.28. The maximum absolute atomic E-state index is 13.0. The first kappa shape index (κ1) is 23.3. The summed E-state index contributed by atoms with van der Waals surface area (Å²) >= 11 is 0. The summed E-state index contributed by atoms with van der Waals surface area (Å²) in [4.78, 5) is 10.9. The third kappa shape index (κ3) is 7.11. The molecule has 1 aliphatic heterocycles. The predicted octanol–water partition coefficient (Wildman–Crippen LogP) is 4.21. The van der Waals surface area contributed by atoms with Gasteiger partial charge in [0.15, 0.2) is 5.96 Å². The van der Waals surface area contributed by atoms with Crippen LogP contribution in [0.5, 0.6) is 11.6 Å². The fourth-order valence-electron chi connectivity index (χ4n) is 3.22. The molecule has 6 nitrogen and oxygen atoms in total. The molecule has 0 saturated carbocycles. The molecule has 1 aliphatic rings. The monoisotopic (exact) mass is 514 g/mol. The zero-order valence-corrected chi connectivity index (χ0v) is 19.1. The van der Waals surface area contributed by atoms with Crippen LogP contribution in [0.3, 0.4) is 0 Å². The first-order valence-electron chi connectivity index (χ1n) is 9.63. The van der Waals surface area contributed by atoms with Gasteiger partial charge in [-0.2, -0.15) is 0 Å². The van der Waals surface area contributed by atoms with Crippen LogP contribution in [0, 0.1) is 5.82 Å². The molecule has 8 heteroatoms. The van der Waals surface area contributed by atoms with Crippen LogP contribution in [0.1, 0.15) is 25.3 Å². The zero-order chi connectivity index (χ0) is 19.8. The van der Waals surface area contributed by atoms with Crippen LogP contribution in [0.15, 0.2) is 47.6 Å². The molecule has 0 bridgehead atoms. The van der Waals surface area contributed by atoms with Gasteiger partial charge in [0.25, 0.3) is 0 Å². The van der Waals surface area contributed by atoms with E-state index in [2.05, 4.69) is 20.2 Å². The van der Waals surface area contributed by atoms with Crippen LogP contribution in [-0.4, -0.2) is 48.7 Å². The van der Waals surface area contributed by atoms with Gasteiger partial charge in [-0.3, -0.25) is 4.99 Å². The molecule has 0 radical (unpaired) electrons. The van der Waals surface area contributed by atoms with E-state index in [0.717, 1.165) is 44.1 Å². The number of aliphatic imine (C=N–C) groups is 1. The Morgan fingerprint density at radius 2 is 1.97 bits per heavy atom. The first-order chi connectivity index (χ1) is 13.7. The predicted molar refractivity (Wildman–Crippen MR) is 123 cm³/mol. The summed E-state index contributed by atoms with van der Waals surface area (Å²) in [6, 6.07) is 9.67. The van der Waals surface area contributed by atoms with Crippen LogP contribution < -0.4 is 10.1 Å². The Hall–Kier alpha value is -1.94. The van der Waals surface area contributed by atoms with Crippen molar-refractivity contribution in [3.63, 3.8) is 0 Å². The molecule has 1 aromatic carbocycles. The number of hydrogen-bond acceptors (Lipinski definition) is 4. The molecule has 2 aromatic rings. The van der Waals surface area contributed by atoms with Crippen LogP contribution in [0.4, 0.5) is 4.39 Å². The van der Waals surface area contributed by atoms with Crippen LogP contribution >= 0.6 is 24.0 Å². The number of hydrogen-bond donors (Lipinski definition) is 1. The highest BCUT2D eigenvalue weighted by molar-refractivity contribution is 14.0. The number of rotatable bonds is 6. The minimum absolute atomic E-state index is 0. The molecular formula is C21H28FIN4O2. The zero-order valence-electron chi connectivity index (χ0n) is 16.8. The summed E-state index contributed by atoms with van der Waals surface area (Å²) in [7, 11) is 1.80. The van der Waals surface area contributed by atoms with Gasteiger partial charge in [0.1, 0.15) is 11.6 Å². The smallest absolute Gasteiger partial charge is 0.219 e. The number of ether oxygens (including phenoxy) is 2. The van der Waals surface area contributed by atoms with Crippen LogP contribution in [-0.2, 0) is 11.3 Å². The molecule has 0 unspecified atom stereocenters. The summed E-state index contributed by atoms with van der Waals surface area (Å²) < 4.78 is 24.4. The van der Waals surface area contributed by atoms with Crippen molar-refractivity contribution in [3.05, 3.63) is 54.0 Å². The number of likely N-dealkylation sites (tertiary alicyclic amines) is 1. The van der Waals surface area contributed by atoms with E-state index in [1.807, 2.05) is 19.1 Å². The number of halogens is 2. The Bertz CT molecular complexity index is 781. The van der Waals surface area contributed by atoms with Crippen LogP contribution in [0.2, 0.25) is 0 Å². The summed E-state index contributed by atoms with van der Waals surface area (Å²) in [5.74, 6) is 1.60. The maximum Gasteiger partial charge on any atom is 0.219 e. The topological polar surface area (TPSA) is 59.0 Å². The summed E-state index contributed by atoms with van der Waals surface area (Å²) in [5.41, 5.74) is 1.03. The van der Waals surface area contributed by atoms with E-state index in [9.17, 15) is 4.39 Å². The van der Waals surface area contributed by atoms with Gasteiger partial charge >= 0.3 is 0 Å². The molecule has 0 atom stereocenters. The van der Waals surface area contributed by atoms with Crippen molar-refractivity contribution in [2.45, 2.75) is 32.4 Å². The molecule has 1 N–H and O–H groups in total. The van der Waals surface area contributed by atoms with E-state index in [-0.39, 0.29) is 29.8 Å². The van der Waals surface area contributed by atoms with Crippen molar-refractivity contribution in [2.24, 2.45) is 4.99 Å². The number of nitrogens with zero attached hydrogens (tertiary/aromatic N) is 3. The number of nitrogens with one attached hydrogen (secondary N) is 1. The number of piperidine rings is 1. The lowest BCUT2D eigenvalue weighted by Crippen LogP contribution is -2.46. The van der Waals surface area contributed by atoms with E-state index < -0.39 is 0 Å². The van der Waals surface area contributed by atoms with Crippen molar-refractivity contribution in [3.8, 4) is 11.6 Å². The fourth-order valence-corrected chi connectivity index (χ4v) is 3.22. The van der Waals surface area contributed by atoms with Gasteiger partial charge in [-0.1, -0.05) is 0 Å². The van der Waals surface area contributed by atoms with Crippen molar-refractivity contribution in [1.82, 2.24) is 15.2 Å². The molecular weight excluding hydrogens is 486 g/mol. The van der Waals surface area contributed by atoms with Gasteiger partial charge in [-0.15, -0.1) is 24.0 Å². The molecule has 1 fully saturated rings. The molecule has 158 valence electrons. The van der Waals surface area contributed by atoms with Crippen molar-refractivity contribution < 1.29 is 13.9 Å². The van der Waals surface area contributed by atoms with Crippen molar-refractivity contribution >= 4 is 29.9 Å². The minimum atomic E-state index is -0.296. The molecule has 0 aliphatic carbocycles. The number of benzene rings is 1. The molecule has 0 amide bonds. The highest BCUT2D eigenvalue weighted by Crippen LogP contribution is 2.20. The molecule has 1 aromatic heterocycles. The first-order valence-corrected chi connectivity index (χ1v) is 9.63. The molecule has 1 saturated heterocycles. The second-order valence-electron chi connectivity index (χ2n) is 6.60. The summed E-state index contributed by atoms with van der Waals surface area (Å²) in [6.07, 6.45) is 4.08. The average Bonchev–Trinajstić information content (AvgIpc) is 2.72. The van der Waals surface area contributed by atoms with E-state index in [1.54, 1.807) is 25.4 Å². The van der Waals surface area contributed by atoms with Gasteiger partial charge < -0.3 is 19.7 Å². The average molecular weight is 514 g/mol. The van der Waals surface area contributed by atoms with Crippen molar-refractivity contribution in [2.75, 3.05) is 26.7 Å². The lowest BCUT2D eigenvalue weighted by molar-refractivity contribution is 0.0263. The molecule has 0 spiro atoms. The Morgan fingerprint density at radius 1 is 1.24 bits per heavy atom. The van der Waals surface area contributed by atoms with E-state index in [0.29, 0.717) is 24.3 Å². The van der Waals surface area contributed by atoms with Crippen LogP contribution in [0.25, 0.3) is 0 Å². The number of pyridine rings is 1. The maximum atomic E-state index is 13.0. The molecule has 2 heterocycles. The van der Waals surface area contributed by atoms with E-state index in [1.165, 1.54) is 12.1 Å². The van der Waals surface area contributed by atoms with Gasteiger partial charge in [-0.05, 0) is 55.7 Å². The highest BCUT2D eigenvalue weighted by atomic mass is 127. The largest absolute Gasteiger partial charge is 0.439 e. The molecule has 29 heavy (non-hydrogen) atoms. The van der Waals surface area contributed by atoms with Gasteiger partial charge in [-0.25, -0.2) is 9.37 Å². The second kappa shape index (κ2) is 11.9. The van der Waals surface area contributed by atoms with Gasteiger partial charge in [0, 0.05) is 45.6 Å². The van der Waals surface area contributed by atoms with Gasteiger partial charge in [0.2, 0.25) is 5.88 Å². The lowest BCUT2D eigenvalue weighted by Gasteiger charge is -2.34. The van der Waals surface area contributed by atoms with E-state index >= 15 is 0 Å². The normalized spacial score (nSPS) is 15.0. The Labute approximate surface area is 188 Å². The Kier molecular flexibility index (Phi) is 9.59. The third-order valence-corrected chi connectivity index (χ3v) is 4.64. The minimum Gasteiger partial charge on any atom is -0.439 e. The lowest BCUT2D eigenvalue weighted by atomic mass is 10.1. The fraction of sp³-hybridized carbons (Fsp3) is 0.429. The summed E-state index contributed by atoms with van der Waals surface area (Å²) in [5, 5.41) is 3.40. The third-order valence-electron chi connectivity index (χ3n) is 4.64. The Balaban J connectivity index is 0.00000300. The Morgan fingerprint density at radius 3 is 2.62 bits per heavy atom. The SMILES string of the molecule is CCOC1CCN(C(=NC)NCc2ccnc(Oc3ccc(F)cc3)c2)CC1.I. The van der Waals surface area contributed by atoms with Crippen molar-refractivity contribution in [1.29, 1.82) is 0 Å².